The second-order valence-corrected chi connectivity index (χ2v) is 5.25. The van der Waals surface area contributed by atoms with Crippen LogP contribution in [-0.4, -0.2) is 11.6 Å². The van der Waals surface area contributed by atoms with Gasteiger partial charge in [-0.25, -0.2) is 5.43 Å². The molecule has 0 spiro atoms. The lowest BCUT2D eigenvalue weighted by Crippen LogP contribution is -2.20. The van der Waals surface area contributed by atoms with Gasteiger partial charge in [-0.3, -0.25) is 4.79 Å². The summed E-state index contributed by atoms with van der Waals surface area (Å²) in [5, 5.41) is 4.20. The fourth-order valence-corrected chi connectivity index (χ4v) is 2.05. The number of carbonyl (C=O) groups is 1. The molecular weight excluding hydrogens is 260 g/mol. The zero-order chi connectivity index (χ0) is 15.4. The molecule has 2 aromatic carbocycles. The Morgan fingerprint density at radius 2 is 1.67 bits per heavy atom. The van der Waals surface area contributed by atoms with Crippen molar-refractivity contribution in [2.45, 2.75) is 27.7 Å². The second kappa shape index (κ2) is 6.35. The van der Waals surface area contributed by atoms with Crippen LogP contribution in [0.2, 0.25) is 0 Å². The Morgan fingerprint density at radius 1 is 0.952 bits per heavy atom. The van der Waals surface area contributed by atoms with Gasteiger partial charge in [0.15, 0.2) is 0 Å². The van der Waals surface area contributed by atoms with Crippen molar-refractivity contribution >= 4 is 11.6 Å². The van der Waals surface area contributed by atoms with Crippen LogP contribution >= 0.6 is 0 Å². The molecule has 0 aliphatic heterocycles. The molecule has 1 N–H and O–H groups in total. The highest BCUT2D eigenvalue weighted by molar-refractivity contribution is 6.01. The molecule has 0 radical (unpaired) electrons. The van der Waals surface area contributed by atoms with Gasteiger partial charge in [-0.2, -0.15) is 5.10 Å². The molecule has 0 unspecified atom stereocenters. The molecular formula is C18H20N2O. The first-order valence-corrected chi connectivity index (χ1v) is 6.97. The summed E-state index contributed by atoms with van der Waals surface area (Å²) in [6.45, 7) is 7.95. The molecule has 2 rings (SSSR count). The zero-order valence-electron chi connectivity index (χ0n) is 12.9. The first kappa shape index (κ1) is 15.0. The molecule has 0 bridgehead atoms. The lowest BCUT2D eigenvalue weighted by molar-refractivity contribution is 0.0954. The topological polar surface area (TPSA) is 41.5 Å². The molecule has 3 nitrogen and oxygen atoms in total. The number of hydrazone groups is 1. The van der Waals surface area contributed by atoms with E-state index in [1.807, 2.05) is 38.1 Å². The minimum atomic E-state index is -0.184. The predicted octanol–water partition coefficient (Wildman–Crippen LogP) is 3.77. The quantitative estimate of drug-likeness (QED) is 0.675. The zero-order valence-corrected chi connectivity index (χ0v) is 12.9. The standard InChI is InChI=1S/C18H20N2O/c1-12-9-10-16(11-14(12)3)15(4)19-20-18(21)17-8-6-5-7-13(17)2/h5-11H,1-4H3,(H,20,21)/b19-15-. The summed E-state index contributed by atoms with van der Waals surface area (Å²) >= 11 is 0. The Morgan fingerprint density at radius 3 is 2.33 bits per heavy atom. The minimum Gasteiger partial charge on any atom is -0.267 e. The van der Waals surface area contributed by atoms with E-state index in [1.165, 1.54) is 11.1 Å². The van der Waals surface area contributed by atoms with Crippen molar-refractivity contribution in [3.63, 3.8) is 0 Å². The SMILES string of the molecule is C/C(=N/NC(=O)c1ccccc1C)c1ccc(C)c(C)c1. The van der Waals surface area contributed by atoms with E-state index in [4.69, 9.17) is 0 Å². The number of hydrogen-bond acceptors (Lipinski definition) is 2. The average Bonchev–Trinajstić information content (AvgIpc) is 2.47. The highest BCUT2D eigenvalue weighted by Gasteiger charge is 2.07. The van der Waals surface area contributed by atoms with Gasteiger partial charge in [-0.15, -0.1) is 0 Å². The van der Waals surface area contributed by atoms with Gasteiger partial charge >= 0.3 is 0 Å². The van der Waals surface area contributed by atoms with Crippen LogP contribution in [0.4, 0.5) is 0 Å². The van der Waals surface area contributed by atoms with Crippen LogP contribution < -0.4 is 5.43 Å². The van der Waals surface area contributed by atoms with Gasteiger partial charge in [-0.1, -0.05) is 30.3 Å². The fraction of sp³-hybridized carbons (Fsp3) is 0.222. The molecule has 0 aliphatic carbocycles. The number of benzene rings is 2. The maximum Gasteiger partial charge on any atom is 0.271 e. The molecule has 1 amide bonds. The normalized spacial score (nSPS) is 11.3. The highest BCUT2D eigenvalue weighted by atomic mass is 16.2. The number of carbonyl (C=O) groups excluding carboxylic acids is 1. The van der Waals surface area contributed by atoms with E-state index in [1.54, 1.807) is 6.07 Å². The van der Waals surface area contributed by atoms with Gasteiger partial charge < -0.3 is 0 Å². The van der Waals surface area contributed by atoms with E-state index >= 15 is 0 Å². The third kappa shape index (κ3) is 3.57. The lowest BCUT2D eigenvalue weighted by Gasteiger charge is -2.07. The molecule has 0 saturated heterocycles. The van der Waals surface area contributed by atoms with E-state index in [9.17, 15) is 4.79 Å². The molecule has 0 atom stereocenters. The first-order chi connectivity index (χ1) is 9.99. The van der Waals surface area contributed by atoms with Crippen molar-refractivity contribution in [3.8, 4) is 0 Å². The lowest BCUT2D eigenvalue weighted by atomic mass is 10.0. The molecule has 108 valence electrons. The van der Waals surface area contributed by atoms with Crippen LogP contribution in [0, 0.1) is 20.8 Å². The number of nitrogens with one attached hydrogen (secondary N) is 1. The van der Waals surface area contributed by atoms with Crippen molar-refractivity contribution in [3.05, 3.63) is 70.3 Å². The number of nitrogens with zero attached hydrogens (tertiary/aromatic N) is 1. The minimum absolute atomic E-state index is 0.184. The van der Waals surface area contributed by atoms with E-state index in [0.717, 1.165) is 16.8 Å². The smallest absolute Gasteiger partial charge is 0.267 e. The molecule has 0 aromatic heterocycles. The van der Waals surface area contributed by atoms with E-state index < -0.39 is 0 Å². The van der Waals surface area contributed by atoms with Crippen LogP contribution in [0.15, 0.2) is 47.6 Å². The Hall–Kier alpha value is -2.42. The maximum atomic E-state index is 12.1. The molecule has 0 heterocycles. The third-order valence-electron chi connectivity index (χ3n) is 3.64. The Balaban J connectivity index is 2.15. The Bertz CT molecular complexity index is 702. The largest absolute Gasteiger partial charge is 0.271 e. The van der Waals surface area contributed by atoms with Gasteiger partial charge in [0.05, 0.1) is 5.71 Å². The Kier molecular flexibility index (Phi) is 4.53. The first-order valence-electron chi connectivity index (χ1n) is 6.97. The molecule has 0 saturated carbocycles. The van der Waals surface area contributed by atoms with Gasteiger partial charge in [0.25, 0.3) is 5.91 Å². The monoisotopic (exact) mass is 280 g/mol. The average molecular weight is 280 g/mol. The van der Waals surface area contributed by atoms with E-state index in [2.05, 4.69) is 36.5 Å². The predicted molar refractivity (Wildman–Crippen MR) is 86.8 cm³/mol. The van der Waals surface area contributed by atoms with Crippen molar-refractivity contribution < 1.29 is 4.79 Å². The number of hydrogen-bond donors (Lipinski definition) is 1. The summed E-state index contributed by atoms with van der Waals surface area (Å²) in [5.74, 6) is -0.184. The van der Waals surface area contributed by atoms with E-state index in [0.29, 0.717) is 5.56 Å². The molecule has 2 aromatic rings. The summed E-state index contributed by atoms with van der Waals surface area (Å²) in [6, 6.07) is 13.6. The van der Waals surface area contributed by atoms with Crippen molar-refractivity contribution in [2.24, 2.45) is 5.10 Å². The number of aryl methyl sites for hydroxylation is 3. The van der Waals surface area contributed by atoms with Gasteiger partial charge in [0.1, 0.15) is 0 Å². The van der Waals surface area contributed by atoms with Crippen LogP contribution in [0.3, 0.4) is 0 Å². The summed E-state index contributed by atoms with van der Waals surface area (Å²) in [5.41, 5.74) is 8.48. The van der Waals surface area contributed by atoms with Crippen molar-refractivity contribution in [2.75, 3.05) is 0 Å². The maximum absolute atomic E-state index is 12.1. The van der Waals surface area contributed by atoms with Gasteiger partial charge in [0.2, 0.25) is 0 Å². The van der Waals surface area contributed by atoms with Crippen LogP contribution in [0.1, 0.15) is 39.5 Å². The van der Waals surface area contributed by atoms with Crippen LogP contribution in [-0.2, 0) is 0 Å². The molecule has 0 aliphatic rings. The third-order valence-corrected chi connectivity index (χ3v) is 3.64. The fourth-order valence-electron chi connectivity index (χ4n) is 2.05. The van der Waals surface area contributed by atoms with Gasteiger partial charge in [0, 0.05) is 5.56 Å². The van der Waals surface area contributed by atoms with Crippen LogP contribution in [0.5, 0.6) is 0 Å². The molecule has 3 heteroatoms. The van der Waals surface area contributed by atoms with Crippen LogP contribution in [0.25, 0.3) is 0 Å². The van der Waals surface area contributed by atoms with Crippen molar-refractivity contribution in [1.82, 2.24) is 5.43 Å². The molecule has 21 heavy (non-hydrogen) atoms. The Labute approximate surface area is 125 Å². The number of rotatable bonds is 3. The van der Waals surface area contributed by atoms with Gasteiger partial charge in [-0.05, 0) is 62.1 Å². The van der Waals surface area contributed by atoms with E-state index in [-0.39, 0.29) is 5.91 Å². The second-order valence-electron chi connectivity index (χ2n) is 5.25. The number of amides is 1. The summed E-state index contributed by atoms with van der Waals surface area (Å²) in [6.07, 6.45) is 0. The summed E-state index contributed by atoms with van der Waals surface area (Å²) in [7, 11) is 0. The molecule has 0 fully saturated rings. The summed E-state index contributed by atoms with van der Waals surface area (Å²) < 4.78 is 0. The summed E-state index contributed by atoms with van der Waals surface area (Å²) in [4.78, 5) is 12.1. The van der Waals surface area contributed by atoms with Crippen molar-refractivity contribution in [1.29, 1.82) is 0 Å². The highest BCUT2D eigenvalue weighted by Crippen LogP contribution is 2.11.